The molecule has 3 heteroatoms. The zero-order valence-electron chi connectivity index (χ0n) is 11.8. The minimum Gasteiger partial charge on any atom is -0.462 e. The molecule has 0 saturated heterocycles. The topological polar surface area (TPSA) is 18.5 Å². The van der Waals surface area contributed by atoms with Crippen molar-refractivity contribution in [2.45, 2.75) is 20.3 Å². The fourth-order valence-corrected chi connectivity index (χ4v) is 2.53. The highest BCUT2D eigenvalue weighted by atomic mass is 79.9. The minimum absolute atomic E-state index is 0.235. The summed E-state index contributed by atoms with van der Waals surface area (Å²) in [5, 5.41) is 0. The van der Waals surface area contributed by atoms with Gasteiger partial charge in [-0.1, -0.05) is 66.2 Å². The second kappa shape index (κ2) is 6.80. The first kappa shape index (κ1) is 14.9. The number of hydrogen-bond acceptors (Lipinski definition) is 2. The van der Waals surface area contributed by atoms with Gasteiger partial charge < -0.3 is 9.47 Å². The van der Waals surface area contributed by atoms with Crippen molar-refractivity contribution in [3.63, 3.8) is 0 Å². The van der Waals surface area contributed by atoms with E-state index in [4.69, 9.17) is 0 Å². The van der Waals surface area contributed by atoms with Crippen LogP contribution in [0.2, 0.25) is 0 Å². The van der Waals surface area contributed by atoms with E-state index >= 15 is 0 Å². The van der Waals surface area contributed by atoms with E-state index in [1.165, 1.54) is 28.1 Å². The van der Waals surface area contributed by atoms with Crippen LogP contribution in [0.5, 0.6) is 0 Å². The van der Waals surface area contributed by atoms with Crippen molar-refractivity contribution in [3.05, 3.63) is 65.1 Å². The molecule has 0 unspecified atom stereocenters. The molecule has 0 saturated carbocycles. The van der Waals surface area contributed by atoms with Crippen molar-refractivity contribution < 1.29 is 9.47 Å². The average molecular weight is 335 g/mol. The molecule has 0 spiro atoms. The third-order valence-corrected chi connectivity index (χ3v) is 3.84. The van der Waals surface area contributed by atoms with Crippen molar-refractivity contribution in [1.82, 2.24) is 0 Å². The molecule has 0 bridgehead atoms. The van der Waals surface area contributed by atoms with Crippen molar-refractivity contribution >= 4 is 21.5 Å². The maximum Gasteiger partial charge on any atom is 0.229 e. The molecule has 0 fully saturated rings. The Kier molecular flexibility index (Phi) is 5.07. The van der Waals surface area contributed by atoms with Crippen LogP contribution >= 0.6 is 15.9 Å². The number of halogens is 1. The summed E-state index contributed by atoms with van der Waals surface area (Å²) in [6, 6.07) is 10.6. The van der Waals surface area contributed by atoms with Gasteiger partial charge in [-0.15, -0.1) is 0 Å². The molecule has 3 rings (SSSR count). The molecule has 1 aromatic carbocycles. The van der Waals surface area contributed by atoms with Gasteiger partial charge in [-0.3, -0.25) is 0 Å². The summed E-state index contributed by atoms with van der Waals surface area (Å²) >= 11 is 3.56. The van der Waals surface area contributed by atoms with Gasteiger partial charge in [0.2, 0.25) is 6.79 Å². The summed E-state index contributed by atoms with van der Waals surface area (Å²) in [7, 11) is 0. The van der Waals surface area contributed by atoms with Crippen molar-refractivity contribution in [3.8, 4) is 0 Å². The van der Waals surface area contributed by atoms with Crippen LogP contribution in [0.15, 0.2) is 59.5 Å². The highest BCUT2D eigenvalue weighted by molar-refractivity contribution is 9.11. The third-order valence-electron chi connectivity index (χ3n) is 3.29. The van der Waals surface area contributed by atoms with Gasteiger partial charge in [0.1, 0.15) is 12.5 Å². The predicted molar refractivity (Wildman–Crippen MR) is 86.0 cm³/mol. The van der Waals surface area contributed by atoms with E-state index in [9.17, 15) is 0 Å². The van der Waals surface area contributed by atoms with E-state index in [0.29, 0.717) is 6.79 Å². The van der Waals surface area contributed by atoms with Crippen LogP contribution in [0.25, 0.3) is 5.57 Å². The fraction of sp³-hybridized carbons (Fsp3) is 0.294. The molecule has 0 atom stereocenters. The lowest BCUT2D eigenvalue weighted by Gasteiger charge is -2.30. The number of benzene rings is 1. The monoisotopic (exact) mass is 334 g/mol. The molecule has 1 aromatic rings. The quantitative estimate of drug-likeness (QED) is 0.699. The lowest BCUT2D eigenvalue weighted by atomic mass is 9.75. The molecule has 0 amide bonds. The van der Waals surface area contributed by atoms with Crippen molar-refractivity contribution in [2.24, 2.45) is 5.41 Å². The Morgan fingerprint density at radius 3 is 2.25 bits per heavy atom. The Morgan fingerprint density at radius 2 is 1.70 bits per heavy atom. The number of ether oxygens (including phenoxy) is 2. The van der Waals surface area contributed by atoms with Gasteiger partial charge in [-0.05, 0) is 29.0 Å². The zero-order valence-corrected chi connectivity index (χ0v) is 13.4. The van der Waals surface area contributed by atoms with Crippen LogP contribution in [-0.4, -0.2) is 6.79 Å². The standard InChI is InChI=1S/C14H15Br.C3H4O2/c1-14(2)9-8-12(15)10-13(14)11-6-4-3-5-7-11;1-2-5-3-4-1/h3-8,10H,9H2,1-2H3;1-2H,3H2. The van der Waals surface area contributed by atoms with Gasteiger partial charge in [0.05, 0.1) is 0 Å². The zero-order chi connectivity index (χ0) is 14.4. The van der Waals surface area contributed by atoms with E-state index in [2.05, 4.69) is 81.7 Å². The minimum atomic E-state index is 0.235. The summed E-state index contributed by atoms with van der Waals surface area (Å²) in [6.45, 7) is 4.98. The maximum atomic E-state index is 4.54. The Labute approximate surface area is 128 Å². The molecule has 2 nitrogen and oxygen atoms in total. The van der Waals surface area contributed by atoms with Crippen LogP contribution in [0.1, 0.15) is 25.8 Å². The van der Waals surface area contributed by atoms with Gasteiger partial charge in [0.15, 0.2) is 0 Å². The smallest absolute Gasteiger partial charge is 0.229 e. The first-order valence-electron chi connectivity index (χ1n) is 6.61. The maximum absolute atomic E-state index is 4.54. The first-order valence-corrected chi connectivity index (χ1v) is 7.40. The van der Waals surface area contributed by atoms with Gasteiger partial charge in [0, 0.05) is 4.48 Å². The summed E-state index contributed by atoms with van der Waals surface area (Å²) in [4.78, 5) is 0. The Balaban J connectivity index is 0.000000247. The molecule has 20 heavy (non-hydrogen) atoms. The SMILES string of the molecule is C1=COCO1.CC1(C)CC=C(Br)C=C1c1ccccc1. The molecular formula is C17H19BrO2. The molecule has 1 heterocycles. The highest BCUT2D eigenvalue weighted by Crippen LogP contribution is 2.42. The summed E-state index contributed by atoms with van der Waals surface area (Å²) in [6.07, 6.45) is 8.60. The predicted octanol–water partition coefficient (Wildman–Crippen LogP) is 5.24. The van der Waals surface area contributed by atoms with E-state index in [1.54, 1.807) is 0 Å². The normalized spacial score (nSPS) is 18.9. The van der Waals surface area contributed by atoms with Crippen molar-refractivity contribution in [1.29, 1.82) is 0 Å². The van der Waals surface area contributed by atoms with Gasteiger partial charge in [0.25, 0.3) is 0 Å². The molecule has 1 aliphatic carbocycles. The summed E-state index contributed by atoms with van der Waals surface area (Å²) in [5.41, 5.74) is 2.98. The van der Waals surface area contributed by atoms with E-state index in [0.717, 1.165) is 6.42 Å². The number of rotatable bonds is 1. The molecular weight excluding hydrogens is 316 g/mol. The molecule has 2 aliphatic rings. The van der Waals surface area contributed by atoms with Crippen LogP contribution in [0, 0.1) is 5.41 Å². The van der Waals surface area contributed by atoms with E-state index in [-0.39, 0.29) is 5.41 Å². The Bertz CT molecular complexity index is 521. The van der Waals surface area contributed by atoms with E-state index in [1.807, 2.05) is 0 Å². The number of hydrogen-bond donors (Lipinski definition) is 0. The fourth-order valence-electron chi connectivity index (χ4n) is 2.14. The first-order chi connectivity index (χ1) is 9.59. The van der Waals surface area contributed by atoms with Gasteiger partial charge >= 0.3 is 0 Å². The Morgan fingerprint density at radius 1 is 1.05 bits per heavy atom. The summed E-state index contributed by atoms with van der Waals surface area (Å²) < 4.78 is 10.3. The second-order valence-electron chi connectivity index (χ2n) is 5.32. The largest absolute Gasteiger partial charge is 0.462 e. The van der Waals surface area contributed by atoms with E-state index < -0.39 is 0 Å². The molecule has 0 aromatic heterocycles. The van der Waals surface area contributed by atoms with Gasteiger partial charge in [-0.2, -0.15) is 0 Å². The van der Waals surface area contributed by atoms with Crippen LogP contribution in [0.4, 0.5) is 0 Å². The van der Waals surface area contributed by atoms with Crippen LogP contribution in [0.3, 0.4) is 0 Å². The van der Waals surface area contributed by atoms with Gasteiger partial charge in [-0.25, -0.2) is 0 Å². The second-order valence-corrected chi connectivity index (χ2v) is 6.24. The van der Waals surface area contributed by atoms with Crippen LogP contribution in [-0.2, 0) is 9.47 Å². The molecule has 106 valence electrons. The number of allylic oxidation sites excluding steroid dienone is 4. The average Bonchev–Trinajstić information content (AvgIpc) is 3.02. The molecule has 0 radical (unpaired) electrons. The molecule has 1 aliphatic heterocycles. The highest BCUT2D eigenvalue weighted by Gasteiger charge is 2.25. The van der Waals surface area contributed by atoms with Crippen LogP contribution < -0.4 is 0 Å². The summed E-state index contributed by atoms with van der Waals surface area (Å²) in [5.74, 6) is 0. The Hall–Kier alpha value is -1.48. The molecule has 0 N–H and O–H groups in total. The lowest BCUT2D eigenvalue weighted by Crippen LogP contribution is -2.15. The lowest BCUT2D eigenvalue weighted by molar-refractivity contribution is 0.0920. The van der Waals surface area contributed by atoms with Crippen molar-refractivity contribution in [2.75, 3.05) is 6.79 Å². The third kappa shape index (κ3) is 4.01.